The Kier molecular flexibility index (Phi) is 4.24. The highest BCUT2D eigenvalue weighted by Gasteiger charge is 2.22. The lowest BCUT2D eigenvalue weighted by Gasteiger charge is -2.22. The molecule has 0 aliphatic heterocycles. The van der Waals surface area contributed by atoms with Crippen LogP contribution in [0.1, 0.15) is 40.1 Å². The third kappa shape index (κ3) is 3.03. The van der Waals surface area contributed by atoms with Gasteiger partial charge in [0, 0.05) is 27.9 Å². The van der Waals surface area contributed by atoms with Crippen molar-refractivity contribution in [2.24, 2.45) is 0 Å². The fraction of sp³-hybridized carbons (Fsp3) is 0.211. The van der Waals surface area contributed by atoms with Gasteiger partial charge in [-0.15, -0.1) is 22.7 Å². The van der Waals surface area contributed by atoms with E-state index in [4.69, 9.17) is 0 Å². The fourth-order valence-electron chi connectivity index (χ4n) is 2.63. The summed E-state index contributed by atoms with van der Waals surface area (Å²) in [6.07, 6.45) is 7.58. The second-order valence-electron chi connectivity index (χ2n) is 5.80. The Morgan fingerprint density at radius 1 is 1.25 bits per heavy atom. The number of aromatic nitrogens is 2. The van der Waals surface area contributed by atoms with Crippen molar-refractivity contribution in [2.45, 2.75) is 25.2 Å². The van der Waals surface area contributed by atoms with Gasteiger partial charge in [0.15, 0.2) is 0 Å². The topological polar surface area (TPSA) is 49.6 Å². The van der Waals surface area contributed by atoms with Crippen molar-refractivity contribution in [1.82, 2.24) is 9.97 Å². The van der Waals surface area contributed by atoms with Crippen LogP contribution in [0.4, 0.5) is 0 Å². The highest BCUT2D eigenvalue weighted by Crippen LogP contribution is 2.38. The van der Waals surface area contributed by atoms with Gasteiger partial charge in [-0.25, -0.2) is 9.97 Å². The van der Waals surface area contributed by atoms with Gasteiger partial charge in [-0.05, 0) is 18.9 Å². The summed E-state index contributed by atoms with van der Waals surface area (Å²) in [5, 5.41) is 13.5. The summed E-state index contributed by atoms with van der Waals surface area (Å²) in [4.78, 5) is 10.2. The molecule has 1 aromatic carbocycles. The minimum absolute atomic E-state index is 0.603. The predicted octanol–water partition coefficient (Wildman–Crippen LogP) is 5.60. The van der Waals surface area contributed by atoms with Crippen LogP contribution in [0.3, 0.4) is 0 Å². The molecule has 1 fully saturated rings. The van der Waals surface area contributed by atoms with Crippen LogP contribution >= 0.6 is 22.7 Å². The zero-order valence-corrected chi connectivity index (χ0v) is 14.6. The molecular formula is C19H15N3S2. The van der Waals surface area contributed by atoms with Crippen LogP contribution in [0.15, 0.2) is 41.9 Å². The Morgan fingerprint density at radius 2 is 2.08 bits per heavy atom. The van der Waals surface area contributed by atoms with Crippen molar-refractivity contribution in [3.63, 3.8) is 0 Å². The van der Waals surface area contributed by atoms with Crippen LogP contribution in [-0.4, -0.2) is 9.97 Å². The Balaban J connectivity index is 1.60. The monoisotopic (exact) mass is 349 g/mol. The molecule has 0 N–H and O–H groups in total. The molecule has 1 saturated carbocycles. The minimum atomic E-state index is 0.603. The zero-order valence-electron chi connectivity index (χ0n) is 13.0. The summed E-state index contributed by atoms with van der Waals surface area (Å²) in [5.74, 6) is 0.632. The lowest BCUT2D eigenvalue weighted by molar-refractivity contribution is 0.418. The molecule has 0 bridgehead atoms. The smallest absolute Gasteiger partial charge is 0.134 e. The van der Waals surface area contributed by atoms with Gasteiger partial charge in [-0.3, -0.25) is 0 Å². The van der Waals surface area contributed by atoms with E-state index in [1.807, 2.05) is 48.0 Å². The quantitative estimate of drug-likeness (QED) is 0.576. The van der Waals surface area contributed by atoms with Crippen LogP contribution in [0.25, 0.3) is 22.9 Å². The molecule has 0 saturated heterocycles. The van der Waals surface area contributed by atoms with Gasteiger partial charge >= 0.3 is 0 Å². The number of nitriles is 1. The first kappa shape index (κ1) is 15.3. The van der Waals surface area contributed by atoms with Crippen molar-refractivity contribution >= 4 is 34.3 Å². The second kappa shape index (κ2) is 6.68. The molecule has 3 aromatic rings. The van der Waals surface area contributed by atoms with E-state index >= 15 is 0 Å². The van der Waals surface area contributed by atoms with E-state index in [-0.39, 0.29) is 0 Å². The van der Waals surface area contributed by atoms with Gasteiger partial charge in [-0.2, -0.15) is 5.26 Å². The van der Waals surface area contributed by atoms with Crippen LogP contribution in [0, 0.1) is 11.3 Å². The van der Waals surface area contributed by atoms with Crippen molar-refractivity contribution in [2.75, 3.05) is 0 Å². The molecule has 1 aliphatic rings. The van der Waals surface area contributed by atoms with Crippen LogP contribution in [0.5, 0.6) is 0 Å². The Labute approximate surface area is 149 Å². The summed E-state index contributed by atoms with van der Waals surface area (Å²) in [7, 11) is 0. The maximum absolute atomic E-state index is 9.53. The van der Waals surface area contributed by atoms with Crippen molar-refractivity contribution in [1.29, 1.82) is 5.26 Å². The first-order chi connectivity index (χ1) is 11.8. The molecule has 0 radical (unpaired) electrons. The van der Waals surface area contributed by atoms with Crippen LogP contribution < -0.4 is 0 Å². The van der Waals surface area contributed by atoms with E-state index in [1.54, 1.807) is 11.3 Å². The molecule has 2 heterocycles. The maximum Gasteiger partial charge on any atom is 0.134 e. The molecular weight excluding hydrogens is 334 g/mol. The van der Waals surface area contributed by atoms with Gasteiger partial charge < -0.3 is 0 Å². The van der Waals surface area contributed by atoms with E-state index in [0.717, 1.165) is 21.1 Å². The van der Waals surface area contributed by atoms with Gasteiger partial charge in [0.25, 0.3) is 0 Å². The number of rotatable bonds is 4. The normalized spacial score (nSPS) is 15.0. The van der Waals surface area contributed by atoms with Gasteiger partial charge in [-0.1, -0.05) is 36.8 Å². The number of hydrogen-bond acceptors (Lipinski definition) is 5. The lowest BCUT2D eigenvalue weighted by Crippen LogP contribution is -2.07. The Morgan fingerprint density at radius 3 is 2.79 bits per heavy atom. The highest BCUT2D eigenvalue weighted by molar-refractivity contribution is 7.13. The summed E-state index contributed by atoms with van der Waals surface area (Å²) < 4.78 is 0. The van der Waals surface area contributed by atoms with E-state index in [9.17, 15) is 5.26 Å². The summed E-state index contributed by atoms with van der Waals surface area (Å²) >= 11 is 3.20. The maximum atomic E-state index is 9.53. The molecule has 0 amide bonds. The first-order valence-corrected chi connectivity index (χ1v) is 9.62. The molecule has 24 heavy (non-hydrogen) atoms. The lowest BCUT2D eigenvalue weighted by atomic mass is 9.86. The third-order valence-corrected chi connectivity index (χ3v) is 6.19. The molecule has 0 unspecified atom stereocenters. The second-order valence-corrected chi connectivity index (χ2v) is 7.75. The summed E-state index contributed by atoms with van der Waals surface area (Å²) in [6, 6.07) is 12.3. The average molecular weight is 349 g/mol. The number of hydrogen-bond donors (Lipinski definition) is 0. The van der Waals surface area contributed by atoms with Gasteiger partial charge in [0.1, 0.15) is 11.1 Å². The fourth-order valence-corrected chi connectivity index (χ4v) is 4.46. The minimum Gasteiger partial charge on any atom is -0.249 e. The standard InChI is InChI=1S/C19H15N3S2/c20-10-15(9-16-11-21-18(24-16)14-7-4-8-14)19-22-17(12-23-19)13-5-2-1-3-6-13/h1-3,5-6,9,11-12,14H,4,7-8H2/b15-9+. The number of allylic oxidation sites excluding steroid dienone is 1. The summed E-state index contributed by atoms with van der Waals surface area (Å²) in [6.45, 7) is 0. The first-order valence-electron chi connectivity index (χ1n) is 7.92. The molecule has 2 aromatic heterocycles. The molecule has 5 heteroatoms. The molecule has 1 aliphatic carbocycles. The van der Waals surface area contributed by atoms with E-state index in [2.05, 4.69) is 16.0 Å². The van der Waals surface area contributed by atoms with E-state index in [0.29, 0.717) is 11.5 Å². The Bertz CT molecular complexity index is 911. The van der Waals surface area contributed by atoms with Crippen molar-refractivity contribution in [3.05, 3.63) is 56.8 Å². The largest absolute Gasteiger partial charge is 0.249 e. The highest BCUT2D eigenvalue weighted by atomic mass is 32.1. The summed E-state index contributed by atoms with van der Waals surface area (Å²) in [5.41, 5.74) is 2.59. The Hall–Kier alpha value is -2.29. The van der Waals surface area contributed by atoms with Crippen LogP contribution in [0.2, 0.25) is 0 Å². The van der Waals surface area contributed by atoms with E-state index in [1.165, 1.54) is 35.6 Å². The van der Waals surface area contributed by atoms with E-state index < -0.39 is 0 Å². The number of nitrogens with zero attached hydrogens (tertiary/aromatic N) is 3. The number of thiazole rings is 2. The van der Waals surface area contributed by atoms with Crippen molar-refractivity contribution in [3.8, 4) is 17.3 Å². The molecule has 0 spiro atoms. The molecule has 4 rings (SSSR count). The molecule has 3 nitrogen and oxygen atoms in total. The molecule has 0 atom stereocenters. The van der Waals surface area contributed by atoms with Crippen molar-refractivity contribution < 1.29 is 0 Å². The predicted molar refractivity (Wildman–Crippen MR) is 99.7 cm³/mol. The van der Waals surface area contributed by atoms with Gasteiger partial charge in [0.2, 0.25) is 0 Å². The average Bonchev–Trinajstić information content (AvgIpc) is 3.21. The van der Waals surface area contributed by atoms with Crippen LogP contribution in [-0.2, 0) is 0 Å². The SMILES string of the molecule is N#C/C(=C\c1cnc(C2CCC2)s1)c1nc(-c2ccccc2)cs1. The zero-order chi connectivity index (χ0) is 16.4. The third-order valence-electron chi connectivity index (χ3n) is 4.21. The number of benzene rings is 1. The van der Waals surface area contributed by atoms with Gasteiger partial charge in [0.05, 0.1) is 16.3 Å². The molecule has 118 valence electrons.